The summed E-state index contributed by atoms with van der Waals surface area (Å²) in [5.41, 5.74) is 3.04. The number of anilines is 1. The number of benzene rings is 1. The molecule has 1 amide bonds. The van der Waals surface area contributed by atoms with Gasteiger partial charge in [0.25, 0.3) is 0 Å². The number of rotatable bonds is 4. The third kappa shape index (κ3) is 3.14. The highest BCUT2D eigenvalue weighted by Gasteiger charge is 2.18. The summed E-state index contributed by atoms with van der Waals surface area (Å²) in [5, 5.41) is 6.88. The summed E-state index contributed by atoms with van der Waals surface area (Å²) < 4.78 is 4.92. The van der Waals surface area contributed by atoms with Gasteiger partial charge < -0.3 is 14.8 Å². The normalized spacial score (nSPS) is 12.5. The maximum Gasteiger partial charge on any atom is 0.238 e. The van der Waals surface area contributed by atoms with Crippen LogP contribution in [0.1, 0.15) is 18.2 Å². The Morgan fingerprint density at radius 2 is 2.18 bits per heavy atom. The molecule has 0 saturated carbocycles. The molecule has 22 heavy (non-hydrogen) atoms. The molecule has 0 fully saturated rings. The standard InChI is InChI=1S/C15H16N4O2S/c1-8-4-5-11-12(6-8)17-15(16-11)22-10(3)14(20)18-13-7-9(2)21-19-13/h4-7,10H,1-3H3,(H,16,17)(H,18,19,20)/t10-/m0/s1. The molecule has 114 valence electrons. The van der Waals surface area contributed by atoms with Gasteiger partial charge in [-0.25, -0.2) is 4.98 Å². The first-order chi connectivity index (χ1) is 10.5. The lowest BCUT2D eigenvalue weighted by molar-refractivity contribution is -0.115. The molecule has 0 bridgehead atoms. The van der Waals surface area contributed by atoms with Gasteiger partial charge in [0.15, 0.2) is 11.0 Å². The fraction of sp³-hybridized carbons (Fsp3) is 0.267. The van der Waals surface area contributed by atoms with Gasteiger partial charge in [0.2, 0.25) is 5.91 Å². The number of thioether (sulfide) groups is 1. The molecule has 0 aliphatic rings. The number of fused-ring (bicyclic) bond motifs is 1. The molecule has 0 aliphatic heterocycles. The lowest BCUT2D eigenvalue weighted by Gasteiger charge is -2.07. The number of aryl methyl sites for hydroxylation is 2. The van der Waals surface area contributed by atoms with Crippen molar-refractivity contribution in [2.75, 3.05) is 5.32 Å². The molecule has 1 atom stereocenters. The van der Waals surface area contributed by atoms with Gasteiger partial charge in [0.1, 0.15) is 5.76 Å². The number of H-pyrrole nitrogens is 1. The van der Waals surface area contributed by atoms with E-state index in [0.29, 0.717) is 11.6 Å². The Kier molecular flexibility index (Phi) is 3.89. The highest BCUT2D eigenvalue weighted by Crippen LogP contribution is 2.24. The van der Waals surface area contributed by atoms with E-state index in [1.54, 1.807) is 13.0 Å². The summed E-state index contributed by atoms with van der Waals surface area (Å²) in [5.74, 6) is 0.938. The molecule has 3 aromatic rings. The molecule has 6 nitrogen and oxygen atoms in total. The van der Waals surface area contributed by atoms with E-state index in [9.17, 15) is 4.79 Å². The topological polar surface area (TPSA) is 83.8 Å². The van der Waals surface area contributed by atoms with E-state index in [4.69, 9.17) is 4.52 Å². The Morgan fingerprint density at radius 3 is 2.91 bits per heavy atom. The summed E-state index contributed by atoms with van der Waals surface area (Å²) in [6.45, 7) is 5.63. The summed E-state index contributed by atoms with van der Waals surface area (Å²) in [7, 11) is 0. The Hall–Kier alpha value is -2.28. The predicted molar refractivity (Wildman–Crippen MR) is 86.0 cm³/mol. The van der Waals surface area contributed by atoms with E-state index in [2.05, 4.69) is 20.4 Å². The molecule has 2 N–H and O–H groups in total. The third-order valence-corrected chi connectivity index (χ3v) is 4.14. The second-order valence-electron chi connectivity index (χ2n) is 5.13. The van der Waals surface area contributed by atoms with Crippen LogP contribution in [0.15, 0.2) is 33.9 Å². The average molecular weight is 316 g/mol. The minimum atomic E-state index is -0.307. The number of hydrogen-bond donors (Lipinski definition) is 2. The van der Waals surface area contributed by atoms with Crippen LogP contribution in [0.3, 0.4) is 0 Å². The zero-order chi connectivity index (χ0) is 15.7. The molecule has 0 aliphatic carbocycles. The van der Waals surface area contributed by atoms with E-state index in [-0.39, 0.29) is 11.2 Å². The van der Waals surface area contributed by atoms with Crippen molar-refractivity contribution < 1.29 is 9.32 Å². The molecule has 2 heterocycles. The molecule has 7 heteroatoms. The lowest BCUT2D eigenvalue weighted by atomic mass is 10.2. The number of aromatic amines is 1. The molecule has 0 spiro atoms. The van der Waals surface area contributed by atoms with Crippen molar-refractivity contribution in [3.05, 3.63) is 35.6 Å². The molecule has 0 radical (unpaired) electrons. The maximum absolute atomic E-state index is 12.1. The minimum absolute atomic E-state index is 0.144. The van der Waals surface area contributed by atoms with Crippen molar-refractivity contribution in [3.63, 3.8) is 0 Å². The van der Waals surface area contributed by atoms with Crippen LogP contribution in [0.25, 0.3) is 11.0 Å². The zero-order valence-corrected chi connectivity index (χ0v) is 13.3. The zero-order valence-electron chi connectivity index (χ0n) is 12.5. The number of hydrogen-bond acceptors (Lipinski definition) is 5. The average Bonchev–Trinajstić information content (AvgIpc) is 3.04. The molecule has 3 rings (SSSR count). The number of nitrogens with zero attached hydrogens (tertiary/aromatic N) is 2. The van der Waals surface area contributed by atoms with Gasteiger partial charge in [-0.1, -0.05) is 23.0 Å². The summed E-state index contributed by atoms with van der Waals surface area (Å²) in [6.07, 6.45) is 0. The van der Waals surface area contributed by atoms with Crippen LogP contribution in [0, 0.1) is 13.8 Å². The number of amides is 1. The number of imidazole rings is 1. The summed E-state index contributed by atoms with van der Waals surface area (Å²) >= 11 is 1.37. The Morgan fingerprint density at radius 1 is 1.36 bits per heavy atom. The van der Waals surface area contributed by atoms with Crippen LogP contribution in [0.2, 0.25) is 0 Å². The van der Waals surface area contributed by atoms with Crippen LogP contribution in [0.5, 0.6) is 0 Å². The van der Waals surface area contributed by atoms with Crippen LogP contribution in [-0.4, -0.2) is 26.3 Å². The van der Waals surface area contributed by atoms with Crippen LogP contribution < -0.4 is 5.32 Å². The lowest BCUT2D eigenvalue weighted by Crippen LogP contribution is -2.22. The van der Waals surface area contributed by atoms with E-state index in [0.717, 1.165) is 16.2 Å². The second kappa shape index (κ2) is 5.84. The van der Waals surface area contributed by atoms with Gasteiger partial charge in [-0.2, -0.15) is 0 Å². The van der Waals surface area contributed by atoms with Crippen molar-refractivity contribution >= 4 is 34.5 Å². The van der Waals surface area contributed by atoms with E-state index in [1.165, 1.54) is 17.3 Å². The monoisotopic (exact) mass is 316 g/mol. The minimum Gasteiger partial charge on any atom is -0.360 e. The van der Waals surface area contributed by atoms with Crippen molar-refractivity contribution in [2.24, 2.45) is 0 Å². The van der Waals surface area contributed by atoms with E-state index < -0.39 is 0 Å². The Labute approximate surface area is 131 Å². The van der Waals surface area contributed by atoms with Gasteiger partial charge in [-0.05, 0) is 38.5 Å². The fourth-order valence-corrected chi connectivity index (χ4v) is 2.85. The summed E-state index contributed by atoms with van der Waals surface area (Å²) in [4.78, 5) is 19.8. The highest BCUT2D eigenvalue weighted by atomic mass is 32.2. The van der Waals surface area contributed by atoms with Gasteiger partial charge in [-0.15, -0.1) is 0 Å². The fourth-order valence-electron chi connectivity index (χ4n) is 2.03. The first-order valence-corrected chi connectivity index (χ1v) is 7.76. The van der Waals surface area contributed by atoms with Crippen molar-refractivity contribution in [3.8, 4) is 0 Å². The second-order valence-corrected chi connectivity index (χ2v) is 6.46. The molecule has 0 saturated heterocycles. The molecule has 2 aromatic heterocycles. The number of aromatic nitrogens is 3. The summed E-state index contributed by atoms with van der Waals surface area (Å²) in [6, 6.07) is 7.70. The smallest absolute Gasteiger partial charge is 0.238 e. The third-order valence-electron chi connectivity index (χ3n) is 3.15. The van der Waals surface area contributed by atoms with Gasteiger partial charge in [0, 0.05) is 6.07 Å². The molecular formula is C15H16N4O2S. The molecule has 0 unspecified atom stereocenters. The van der Waals surface area contributed by atoms with Gasteiger partial charge >= 0.3 is 0 Å². The van der Waals surface area contributed by atoms with Crippen molar-refractivity contribution in [1.82, 2.24) is 15.1 Å². The Bertz CT molecular complexity index is 824. The van der Waals surface area contributed by atoms with Gasteiger partial charge in [0.05, 0.1) is 16.3 Å². The van der Waals surface area contributed by atoms with E-state index in [1.807, 2.05) is 32.0 Å². The molecular weight excluding hydrogens is 300 g/mol. The van der Waals surface area contributed by atoms with Gasteiger partial charge in [-0.3, -0.25) is 4.79 Å². The quantitative estimate of drug-likeness (QED) is 0.722. The number of nitrogens with one attached hydrogen (secondary N) is 2. The van der Waals surface area contributed by atoms with Crippen LogP contribution >= 0.6 is 11.8 Å². The highest BCUT2D eigenvalue weighted by molar-refractivity contribution is 8.00. The first-order valence-electron chi connectivity index (χ1n) is 6.88. The van der Waals surface area contributed by atoms with Crippen molar-refractivity contribution in [1.29, 1.82) is 0 Å². The number of carbonyl (C=O) groups excluding carboxylic acids is 1. The van der Waals surface area contributed by atoms with Crippen molar-refractivity contribution in [2.45, 2.75) is 31.2 Å². The predicted octanol–water partition coefficient (Wildman–Crippen LogP) is 3.29. The SMILES string of the molecule is Cc1ccc2nc(S[C@@H](C)C(=O)Nc3cc(C)on3)[nH]c2c1. The molecule has 1 aromatic carbocycles. The largest absolute Gasteiger partial charge is 0.360 e. The maximum atomic E-state index is 12.1. The first kappa shape index (κ1) is 14.6. The van der Waals surface area contributed by atoms with E-state index >= 15 is 0 Å². The van der Waals surface area contributed by atoms with Crippen LogP contribution in [0.4, 0.5) is 5.82 Å². The Balaban J connectivity index is 1.69. The number of carbonyl (C=O) groups is 1. The van der Waals surface area contributed by atoms with Crippen LogP contribution in [-0.2, 0) is 4.79 Å².